The van der Waals surface area contributed by atoms with Gasteiger partial charge in [0, 0.05) is 10.2 Å². The van der Waals surface area contributed by atoms with Crippen molar-refractivity contribution in [1.29, 1.82) is 0 Å². The Bertz CT molecular complexity index is 698. The van der Waals surface area contributed by atoms with Crippen LogP contribution in [0.1, 0.15) is 21.5 Å². The second-order valence-corrected chi connectivity index (χ2v) is 5.62. The standard InChI is InChI=1S/C16H16BrNO3/c1-9-6-11(17)4-5-14(9)21-12-7-10(2)15(18)13(8-12)16(19)20-3/h4-8H,18H2,1-3H3. The highest BCUT2D eigenvalue weighted by Crippen LogP contribution is 2.31. The Kier molecular flexibility index (Phi) is 4.53. The molecule has 2 aromatic carbocycles. The zero-order valence-electron chi connectivity index (χ0n) is 12.1. The number of methoxy groups -OCH3 is 1. The highest BCUT2D eigenvalue weighted by Gasteiger charge is 2.14. The van der Waals surface area contributed by atoms with Crippen LogP contribution in [0.2, 0.25) is 0 Å². The van der Waals surface area contributed by atoms with E-state index in [0.29, 0.717) is 17.0 Å². The summed E-state index contributed by atoms with van der Waals surface area (Å²) in [6, 6.07) is 9.11. The Hall–Kier alpha value is -2.01. The predicted molar refractivity (Wildman–Crippen MR) is 85.9 cm³/mol. The maximum atomic E-state index is 11.7. The van der Waals surface area contributed by atoms with Crippen molar-refractivity contribution < 1.29 is 14.3 Å². The number of hydrogen-bond donors (Lipinski definition) is 1. The average Bonchev–Trinajstić information content (AvgIpc) is 2.44. The lowest BCUT2D eigenvalue weighted by molar-refractivity contribution is 0.0601. The first-order valence-electron chi connectivity index (χ1n) is 6.35. The molecule has 110 valence electrons. The summed E-state index contributed by atoms with van der Waals surface area (Å²) in [7, 11) is 1.32. The van der Waals surface area contributed by atoms with E-state index in [9.17, 15) is 4.79 Å². The largest absolute Gasteiger partial charge is 0.465 e. The average molecular weight is 350 g/mol. The SMILES string of the molecule is COC(=O)c1cc(Oc2ccc(Br)cc2C)cc(C)c1N. The van der Waals surface area contributed by atoms with Crippen LogP contribution in [0.3, 0.4) is 0 Å². The van der Waals surface area contributed by atoms with E-state index in [0.717, 1.165) is 21.3 Å². The molecular weight excluding hydrogens is 334 g/mol. The van der Waals surface area contributed by atoms with Gasteiger partial charge in [-0.3, -0.25) is 0 Å². The lowest BCUT2D eigenvalue weighted by atomic mass is 10.1. The summed E-state index contributed by atoms with van der Waals surface area (Å²) < 4.78 is 11.6. The van der Waals surface area contributed by atoms with Gasteiger partial charge in [0.2, 0.25) is 0 Å². The molecule has 0 bridgehead atoms. The molecule has 0 aliphatic rings. The Balaban J connectivity index is 2.40. The topological polar surface area (TPSA) is 61.5 Å². The van der Waals surface area contributed by atoms with Gasteiger partial charge in [0.15, 0.2) is 0 Å². The summed E-state index contributed by atoms with van der Waals surface area (Å²) in [5, 5.41) is 0. The first-order chi connectivity index (χ1) is 9.92. The van der Waals surface area contributed by atoms with Crippen molar-refractivity contribution in [3.05, 3.63) is 51.5 Å². The third-order valence-corrected chi connectivity index (χ3v) is 3.62. The highest BCUT2D eigenvalue weighted by atomic mass is 79.9. The van der Waals surface area contributed by atoms with Gasteiger partial charge in [-0.25, -0.2) is 4.79 Å². The fourth-order valence-electron chi connectivity index (χ4n) is 1.96. The predicted octanol–water partition coefficient (Wildman–Crippen LogP) is 4.23. The molecule has 5 heteroatoms. The number of nitrogen functional groups attached to an aromatic ring is 1. The number of esters is 1. The van der Waals surface area contributed by atoms with E-state index in [1.54, 1.807) is 12.1 Å². The number of halogens is 1. The molecule has 0 saturated heterocycles. The van der Waals surface area contributed by atoms with Gasteiger partial charge in [0.05, 0.1) is 12.7 Å². The fourth-order valence-corrected chi connectivity index (χ4v) is 2.43. The first-order valence-corrected chi connectivity index (χ1v) is 7.14. The van der Waals surface area contributed by atoms with Crippen LogP contribution >= 0.6 is 15.9 Å². The smallest absolute Gasteiger partial charge is 0.340 e. The summed E-state index contributed by atoms with van der Waals surface area (Å²) >= 11 is 3.41. The van der Waals surface area contributed by atoms with Crippen LogP contribution in [0, 0.1) is 13.8 Å². The van der Waals surface area contributed by atoms with Gasteiger partial charge in [0.25, 0.3) is 0 Å². The summed E-state index contributed by atoms with van der Waals surface area (Å²) in [5.41, 5.74) is 8.37. The monoisotopic (exact) mass is 349 g/mol. The molecule has 0 spiro atoms. The van der Waals surface area contributed by atoms with Gasteiger partial charge in [0.1, 0.15) is 11.5 Å². The van der Waals surface area contributed by atoms with E-state index in [1.165, 1.54) is 7.11 Å². The van der Waals surface area contributed by atoms with Crippen LogP contribution in [-0.2, 0) is 4.74 Å². The maximum Gasteiger partial charge on any atom is 0.340 e. The van der Waals surface area contributed by atoms with E-state index in [-0.39, 0.29) is 0 Å². The molecule has 0 aliphatic heterocycles. The van der Waals surface area contributed by atoms with Crippen LogP contribution in [-0.4, -0.2) is 13.1 Å². The maximum absolute atomic E-state index is 11.7. The molecular formula is C16H16BrNO3. The number of hydrogen-bond acceptors (Lipinski definition) is 4. The molecule has 2 rings (SSSR count). The van der Waals surface area contributed by atoms with E-state index in [2.05, 4.69) is 15.9 Å². The van der Waals surface area contributed by atoms with Gasteiger partial charge < -0.3 is 15.2 Å². The Morgan fingerprint density at radius 1 is 1.14 bits per heavy atom. The molecule has 0 unspecified atom stereocenters. The Morgan fingerprint density at radius 2 is 1.86 bits per heavy atom. The van der Waals surface area contributed by atoms with Gasteiger partial charge >= 0.3 is 5.97 Å². The summed E-state index contributed by atoms with van der Waals surface area (Å²) in [4.78, 5) is 11.7. The number of benzene rings is 2. The molecule has 4 nitrogen and oxygen atoms in total. The first kappa shape index (κ1) is 15.4. The number of aryl methyl sites for hydroxylation is 2. The van der Waals surface area contributed by atoms with E-state index in [1.807, 2.05) is 32.0 Å². The second-order valence-electron chi connectivity index (χ2n) is 4.70. The number of carbonyl (C=O) groups is 1. The molecule has 0 radical (unpaired) electrons. The molecule has 0 saturated carbocycles. The number of nitrogens with two attached hydrogens (primary N) is 1. The minimum absolute atomic E-state index is 0.308. The Labute approximate surface area is 132 Å². The lowest BCUT2D eigenvalue weighted by Crippen LogP contribution is -2.07. The summed E-state index contributed by atoms with van der Waals surface area (Å²) in [6.07, 6.45) is 0. The summed E-state index contributed by atoms with van der Waals surface area (Å²) in [5.74, 6) is 0.791. The van der Waals surface area contributed by atoms with Crippen molar-refractivity contribution in [2.45, 2.75) is 13.8 Å². The van der Waals surface area contributed by atoms with Crippen molar-refractivity contribution in [2.75, 3.05) is 12.8 Å². The molecule has 0 fully saturated rings. The quantitative estimate of drug-likeness (QED) is 0.665. The van der Waals surface area contributed by atoms with Gasteiger partial charge in [-0.05, 0) is 55.3 Å². The van der Waals surface area contributed by atoms with Crippen molar-refractivity contribution in [3.63, 3.8) is 0 Å². The van der Waals surface area contributed by atoms with Crippen LogP contribution in [0.5, 0.6) is 11.5 Å². The van der Waals surface area contributed by atoms with E-state index in [4.69, 9.17) is 15.2 Å². The zero-order valence-corrected chi connectivity index (χ0v) is 13.7. The van der Waals surface area contributed by atoms with Gasteiger partial charge in [-0.1, -0.05) is 15.9 Å². The van der Waals surface area contributed by atoms with Crippen LogP contribution in [0.4, 0.5) is 5.69 Å². The second kappa shape index (κ2) is 6.18. The molecule has 0 atom stereocenters. The highest BCUT2D eigenvalue weighted by molar-refractivity contribution is 9.10. The van der Waals surface area contributed by atoms with E-state index < -0.39 is 5.97 Å². The van der Waals surface area contributed by atoms with Crippen molar-refractivity contribution in [1.82, 2.24) is 0 Å². The van der Waals surface area contributed by atoms with Crippen molar-refractivity contribution in [3.8, 4) is 11.5 Å². The number of anilines is 1. The minimum atomic E-state index is -0.478. The van der Waals surface area contributed by atoms with Crippen LogP contribution in [0.25, 0.3) is 0 Å². The molecule has 2 aromatic rings. The molecule has 0 heterocycles. The molecule has 0 amide bonds. The summed E-state index contributed by atoms with van der Waals surface area (Å²) in [6.45, 7) is 3.77. The normalized spacial score (nSPS) is 10.3. The van der Waals surface area contributed by atoms with Gasteiger partial charge in [-0.2, -0.15) is 0 Å². The van der Waals surface area contributed by atoms with Gasteiger partial charge in [-0.15, -0.1) is 0 Å². The molecule has 2 N–H and O–H groups in total. The number of carbonyl (C=O) groups excluding carboxylic acids is 1. The molecule has 21 heavy (non-hydrogen) atoms. The van der Waals surface area contributed by atoms with Crippen LogP contribution in [0.15, 0.2) is 34.8 Å². The van der Waals surface area contributed by atoms with E-state index >= 15 is 0 Å². The van der Waals surface area contributed by atoms with Crippen LogP contribution < -0.4 is 10.5 Å². The zero-order chi connectivity index (χ0) is 15.6. The Morgan fingerprint density at radius 3 is 2.48 bits per heavy atom. The fraction of sp³-hybridized carbons (Fsp3) is 0.188. The molecule has 0 aliphatic carbocycles. The minimum Gasteiger partial charge on any atom is -0.465 e. The third kappa shape index (κ3) is 3.36. The molecule has 0 aromatic heterocycles. The number of ether oxygens (including phenoxy) is 2. The van der Waals surface area contributed by atoms with Crippen molar-refractivity contribution in [2.24, 2.45) is 0 Å². The lowest BCUT2D eigenvalue weighted by Gasteiger charge is -2.13. The third-order valence-electron chi connectivity index (χ3n) is 3.13. The van der Waals surface area contributed by atoms with Crippen molar-refractivity contribution >= 4 is 27.6 Å². The number of rotatable bonds is 3.